The molecule has 1 unspecified atom stereocenters. The summed E-state index contributed by atoms with van der Waals surface area (Å²) >= 11 is 0. The first-order valence-corrected chi connectivity index (χ1v) is 6.71. The van der Waals surface area contributed by atoms with E-state index in [0.29, 0.717) is 0 Å². The molecule has 1 aliphatic rings. The van der Waals surface area contributed by atoms with Crippen LogP contribution in [0, 0.1) is 19.8 Å². The predicted octanol–water partition coefficient (Wildman–Crippen LogP) is 1.57. The number of carbonyl (C=O) groups excluding carboxylic acids is 1. The number of aryl methyl sites for hydroxylation is 2. The largest absolute Gasteiger partial charge is 0.355 e. The van der Waals surface area contributed by atoms with E-state index in [1.54, 1.807) is 0 Å². The smallest absolute Gasteiger partial charge is 0.224 e. The molecule has 0 aliphatic carbocycles. The molecule has 2 rings (SSSR count). The molecule has 98 valence electrons. The number of carbonyl (C=O) groups is 1. The summed E-state index contributed by atoms with van der Waals surface area (Å²) in [5.41, 5.74) is 3.88. The van der Waals surface area contributed by atoms with Crippen LogP contribution in [0.4, 0.5) is 0 Å². The second kappa shape index (κ2) is 6.01. The Bertz CT molecular complexity index is 402. The Kier molecular flexibility index (Phi) is 4.37. The summed E-state index contributed by atoms with van der Waals surface area (Å²) in [6, 6.07) is 6.55. The molecule has 1 saturated heterocycles. The molecule has 0 radical (unpaired) electrons. The second-order valence-electron chi connectivity index (χ2n) is 5.23. The molecular weight excluding hydrogens is 224 g/mol. The number of hydrogen-bond donors (Lipinski definition) is 2. The maximum absolute atomic E-state index is 11.8. The molecule has 0 saturated carbocycles. The van der Waals surface area contributed by atoms with Crippen molar-refractivity contribution in [1.82, 2.24) is 10.6 Å². The van der Waals surface area contributed by atoms with Crippen LogP contribution in [0.15, 0.2) is 18.2 Å². The van der Waals surface area contributed by atoms with Gasteiger partial charge in [0, 0.05) is 13.1 Å². The molecule has 1 atom stereocenters. The number of nitrogens with one attached hydrogen (secondary N) is 2. The third-order valence-corrected chi connectivity index (χ3v) is 3.43. The summed E-state index contributed by atoms with van der Waals surface area (Å²) in [6.07, 6.45) is 1.88. The minimum Gasteiger partial charge on any atom is -0.355 e. The lowest BCUT2D eigenvalue weighted by molar-refractivity contribution is -0.124. The van der Waals surface area contributed by atoms with Gasteiger partial charge in [0.05, 0.1) is 5.92 Å². The summed E-state index contributed by atoms with van der Waals surface area (Å²) in [5.74, 6) is 0.369. The zero-order valence-corrected chi connectivity index (χ0v) is 11.3. The fourth-order valence-electron chi connectivity index (χ4n) is 2.57. The Labute approximate surface area is 109 Å². The molecule has 2 N–H and O–H groups in total. The monoisotopic (exact) mass is 246 g/mol. The molecule has 1 fully saturated rings. The van der Waals surface area contributed by atoms with Crippen molar-refractivity contribution in [2.24, 2.45) is 5.92 Å². The van der Waals surface area contributed by atoms with Crippen molar-refractivity contribution in [3.63, 3.8) is 0 Å². The molecular formula is C15H22N2O. The molecule has 1 aliphatic heterocycles. The molecule has 3 heteroatoms. The van der Waals surface area contributed by atoms with E-state index in [2.05, 4.69) is 42.7 Å². The van der Waals surface area contributed by atoms with Crippen molar-refractivity contribution < 1.29 is 4.79 Å². The maximum Gasteiger partial charge on any atom is 0.224 e. The number of amides is 1. The lowest BCUT2D eigenvalue weighted by Crippen LogP contribution is -2.33. The van der Waals surface area contributed by atoms with E-state index in [1.165, 1.54) is 16.7 Å². The minimum absolute atomic E-state index is 0.171. The fraction of sp³-hybridized carbons (Fsp3) is 0.533. The summed E-state index contributed by atoms with van der Waals surface area (Å²) in [5, 5.41) is 6.25. The van der Waals surface area contributed by atoms with Crippen LogP contribution in [0.5, 0.6) is 0 Å². The average Bonchev–Trinajstić information content (AvgIpc) is 2.80. The summed E-state index contributed by atoms with van der Waals surface area (Å²) in [7, 11) is 0. The van der Waals surface area contributed by atoms with Gasteiger partial charge in [-0.1, -0.05) is 29.3 Å². The zero-order valence-electron chi connectivity index (χ0n) is 11.3. The summed E-state index contributed by atoms with van der Waals surface area (Å²) in [6.45, 7) is 6.75. The first-order chi connectivity index (χ1) is 8.65. The van der Waals surface area contributed by atoms with Gasteiger partial charge in [0.1, 0.15) is 0 Å². The van der Waals surface area contributed by atoms with Crippen molar-refractivity contribution in [1.29, 1.82) is 0 Å². The first-order valence-electron chi connectivity index (χ1n) is 6.71. The molecule has 0 spiro atoms. The van der Waals surface area contributed by atoms with Gasteiger partial charge in [0.15, 0.2) is 0 Å². The number of hydrogen-bond acceptors (Lipinski definition) is 2. The molecule has 3 nitrogen and oxygen atoms in total. The molecule has 0 aromatic heterocycles. The van der Waals surface area contributed by atoms with E-state index in [4.69, 9.17) is 0 Å². The Morgan fingerprint density at radius 1 is 1.33 bits per heavy atom. The van der Waals surface area contributed by atoms with Gasteiger partial charge in [-0.15, -0.1) is 0 Å². The van der Waals surface area contributed by atoms with E-state index in [0.717, 1.165) is 32.5 Å². The van der Waals surface area contributed by atoms with E-state index in [1.807, 2.05) is 0 Å². The van der Waals surface area contributed by atoms with Gasteiger partial charge in [0.25, 0.3) is 0 Å². The first kappa shape index (κ1) is 13.1. The van der Waals surface area contributed by atoms with Crippen LogP contribution in [-0.4, -0.2) is 25.5 Å². The number of benzene rings is 1. The van der Waals surface area contributed by atoms with Crippen LogP contribution < -0.4 is 10.6 Å². The van der Waals surface area contributed by atoms with Crippen LogP contribution in [0.1, 0.15) is 23.1 Å². The van der Waals surface area contributed by atoms with Gasteiger partial charge in [-0.25, -0.2) is 0 Å². The molecule has 1 amide bonds. The fourth-order valence-corrected chi connectivity index (χ4v) is 2.57. The topological polar surface area (TPSA) is 41.1 Å². The highest BCUT2D eigenvalue weighted by Gasteiger charge is 2.21. The van der Waals surface area contributed by atoms with E-state index in [-0.39, 0.29) is 11.8 Å². The van der Waals surface area contributed by atoms with Gasteiger partial charge < -0.3 is 10.6 Å². The Balaban J connectivity index is 1.79. The van der Waals surface area contributed by atoms with Crippen LogP contribution >= 0.6 is 0 Å². The maximum atomic E-state index is 11.8. The van der Waals surface area contributed by atoms with Crippen molar-refractivity contribution in [3.8, 4) is 0 Å². The van der Waals surface area contributed by atoms with E-state index >= 15 is 0 Å². The van der Waals surface area contributed by atoms with Gasteiger partial charge in [-0.2, -0.15) is 0 Å². The molecule has 1 aromatic rings. The predicted molar refractivity (Wildman–Crippen MR) is 73.6 cm³/mol. The van der Waals surface area contributed by atoms with Crippen LogP contribution in [0.2, 0.25) is 0 Å². The highest BCUT2D eigenvalue weighted by Crippen LogP contribution is 2.10. The van der Waals surface area contributed by atoms with Crippen molar-refractivity contribution in [3.05, 3.63) is 34.9 Å². The van der Waals surface area contributed by atoms with Crippen molar-refractivity contribution >= 4 is 5.91 Å². The molecule has 1 aromatic carbocycles. The highest BCUT2D eigenvalue weighted by molar-refractivity contribution is 5.79. The van der Waals surface area contributed by atoms with Crippen LogP contribution in [0.3, 0.4) is 0 Å². The highest BCUT2D eigenvalue weighted by atomic mass is 16.1. The standard InChI is InChI=1S/C15H22N2O/c1-11-7-12(2)9-13(8-11)3-6-17-15(18)14-4-5-16-10-14/h7-9,14,16H,3-6,10H2,1-2H3,(H,17,18). The second-order valence-corrected chi connectivity index (χ2v) is 5.23. The third kappa shape index (κ3) is 3.57. The van der Waals surface area contributed by atoms with E-state index in [9.17, 15) is 4.79 Å². The van der Waals surface area contributed by atoms with Crippen molar-refractivity contribution in [2.45, 2.75) is 26.7 Å². The average molecular weight is 246 g/mol. The Morgan fingerprint density at radius 3 is 2.67 bits per heavy atom. The molecule has 18 heavy (non-hydrogen) atoms. The van der Waals surface area contributed by atoms with Crippen LogP contribution in [-0.2, 0) is 11.2 Å². The van der Waals surface area contributed by atoms with Crippen LogP contribution in [0.25, 0.3) is 0 Å². The molecule has 0 bridgehead atoms. The minimum atomic E-state index is 0.171. The normalized spacial score (nSPS) is 18.9. The van der Waals surface area contributed by atoms with Gasteiger partial charge >= 0.3 is 0 Å². The summed E-state index contributed by atoms with van der Waals surface area (Å²) in [4.78, 5) is 11.8. The number of rotatable bonds is 4. The lowest BCUT2D eigenvalue weighted by atomic mass is 10.0. The Hall–Kier alpha value is -1.35. The molecule has 1 heterocycles. The van der Waals surface area contributed by atoms with Gasteiger partial charge in [-0.3, -0.25) is 4.79 Å². The van der Waals surface area contributed by atoms with E-state index < -0.39 is 0 Å². The Morgan fingerprint density at radius 2 is 2.06 bits per heavy atom. The van der Waals surface area contributed by atoms with Gasteiger partial charge in [-0.05, 0) is 38.8 Å². The third-order valence-electron chi connectivity index (χ3n) is 3.43. The quantitative estimate of drug-likeness (QED) is 0.846. The SMILES string of the molecule is Cc1cc(C)cc(CCNC(=O)C2CCNC2)c1. The zero-order chi connectivity index (χ0) is 13.0. The lowest BCUT2D eigenvalue weighted by Gasteiger charge is -2.10. The summed E-state index contributed by atoms with van der Waals surface area (Å²) < 4.78 is 0. The van der Waals surface area contributed by atoms with Gasteiger partial charge in [0.2, 0.25) is 5.91 Å². The van der Waals surface area contributed by atoms with Crippen molar-refractivity contribution in [2.75, 3.05) is 19.6 Å².